The normalized spacial score (nSPS) is 14.7. The molecule has 0 spiro atoms. The van der Waals surface area contributed by atoms with Crippen molar-refractivity contribution in [2.24, 2.45) is 5.92 Å². The van der Waals surface area contributed by atoms with Crippen molar-refractivity contribution in [3.63, 3.8) is 0 Å². The predicted molar refractivity (Wildman–Crippen MR) is 102 cm³/mol. The number of carbonyl (C=O) groups is 1. The molecule has 4 rings (SSSR count). The van der Waals surface area contributed by atoms with Gasteiger partial charge in [-0.15, -0.1) is 0 Å². The molecule has 3 aromatic rings. The topological polar surface area (TPSA) is 112 Å². The second-order valence-electron chi connectivity index (χ2n) is 6.77. The van der Waals surface area contributed by atoms with Crippen LogP contribution in [-0.2, 0) is 16.1 Å². The van der Waals surface area contributed by atoms with Crippen LogP contribution in [0.1, 0.15) is 18.5 Å². The van der Waals surface area contributed by atoms with E-state index in [1.807, 2.05) is 4.90 Å². The quantitative estimate of drug-likeness (QED) is 0.351. The number of rotatable bonds is 6. The number of ether oxygens (including phenoxy) is 1. The number of furan rings is 1. The molecule has 0 bridgehead atoms. The van der Waals surface area contributed by atoms with E-state index < -0.39 is 0 Å². The van der Waals surface area contributed by atoms with Gasteiger partial charge in [-0.25, -0.2) is 0 Å². The zero-order valence-electron chi connectivity index (χ0n) is 15.5. The number of anilines is 1. The van der Waals surface area contributed by atoms with Crippen molar-refractivity contribution in [1.82, 2.24) is 5.16 Å². The van der Waals surface area contributed by atoms with Crippen molar-refractivity contribution in [1.29, 1.82) is 0 Å². The van der Waals surface area contributed by atoms with Crippen molar-refractivity contribution in [2.45, 2.75) is 19.4 Å². The first-order valence-electron chi connectivity index (χ1n) is 9.26. The lowest BCUT2D eigenvalue weighted by Crippen LogP contribution is -2.37. The summed E-state index contributed by atoms with van der Waals surface area (Å²) in [5.41, 5.74) is 1.16. The highest BCUT2D eigenvalue weighted by atomic mass is 16.6. The van der Waals surface area contributed by atoms with Gasteiger partial charge in [0.25, 0.3) is 5.69 Å². The van der Waals surface area contributed by atoms with E-state index >= 15 is 0 Å². The largest absolute Gasteiger partial charge is 0.461 e. The minimum Gasteiger partial charge on any atom is -0.461 e. The van der Waals surface area contributed by atoms with Gasteiger partial charge in [0.2, 0.25) is 5.76 Å². The highest BCUT2D eigenvalue weighted by Crippen LogP contribution is 2.31. The summed E-state index contributed by atoms with van der Waals surface area (Å²) in [6.45, 7) is 1.13. The van der Waals surface area contributed by atoms with Crippen molar-refractivity contribution in [3.8, 4) is 11.5 Å². The molecule has 0 N–H and O–H groups in total. The number of benzene rings is 1. The Morgan fingerprint density at radius 2 is 2.00 bits per heavy atom. The first-order chi connectivity index (χ1) is 14.1. The van der Waals surface area contributed by atoms with Crippen molar-refractivity contribution < 1.29 is 23.4 Å². The van der Waals surface area contributed by atoms with E-state index in [1.54, 1.807) is 36.4 Å². The van der Waals surface area contributed by atoms with Crippen LogP contribution in [0, 0.1) is 16.0 Å². The van der Waals surface area contributed by atoms with Gasteiger partial charge < -0.3 is 18.6 Å². The Hall–Kier alpha value is -3.62. The van der Waals surface area contributed by atoms with Crippen molar-refractivity contribution in [2.75, 3.05) is 18.0 Å². The molecule has 1 saturated heterocycles. The standard InChI is InChI=1S/C20H19N3O6/c24-20(28-13-15-12-19(29-21-15)18-6-3-11-27-18)14-7-9-22(10-8-14)16-4-1-2-5-17(16)23(25)26/h1-6,11-12,14H,7-10,13H2. The van der Waals surface area contributed by atoms with Gasteiger partial charge in [-0.05, 0) is 31.0 Å². The van der Waals surface area contributed by atoms with E-state index in [-0.39, 0.29) is 29.1 Å². The number of para-hydroxylation sites is 2. The summed E-state index contributed by atoms with van der Waals surface area (Å²) >= 11 is 0. The highest BCUT2D eigenvalue weighted by Gasteiger charge is 2.29. The highest BCUT2D eigenvalue weighted by molar-refractivity contribution is 5.73. The molecular formula is C20H19N3O6. The molecule has 150 valence electrons. The maximum atomic E-state index is 12.4. The average Bonchev–Trinajstić information content (AvgIpc) is 3.44. The molecule has 0 unspecified atom stereocenters. The summed E-state index contributed by atoms with van der Waals surface area (Å²) in [4.78, 5) is 25.2. The molecule has 9 nitrogen and oxygen atoms in total. The Labute approximate surface area is 166 Å². The maximum absolute atomic E-state index is 12.4. The predicted octanol–water partition coefficient (Wildman–Crippen LogP) is 3.80. The molecule has 1 aliphatic rings. The van der Waals surface area contributed by atoms with E-state index in [9.17, 15) is 14.9 Å². The zero-order valence-corrected chi connectivity index (χ0v) is 15.5. The molecule has 1 fully saturated rings. The third kappa shape index (κ3) is 4.13. The van der Waals surface area contributed by atoms with E-state index in [1.165, 1.54) is 12.3 Å². The van der Waals surface area contributed by atoms with Gasteiger partial charge in [0.05, 0.1) is 17.1 Å². The molecule has 0 saturated carbocycles. The van der Waals surface area contributed by atoms with Gasteiger partial charge in [-0.1, -0.05) is 17.3 Å². The number of nitro groups is 1. The number of piperidine rings is 1. The minimum absolute atomic E-state index is 0.0212. The molecule has 2 aromatic heterocycles. The van der Waals surface area contributed by atoms with E-state index in [0.717, 1.165) is 0 Å². The molecule has 0 radical (unpaired) electrons. The van der Waals surface area contributed by atoms with Gasteiger partial charge in [0.1, 0.15) is 18.0 Å². The Bertz CT molecular complexity index is 989. The molecule has 9 heteroatoms. The summed E-state index contributed by atoms with van der Waals surface area (Å²) in [6, 6.07) is 11.8. The lowest BCUT2D eigenvalue weighted by Gasteiger charge is -2.32. The SMILES string of the molecule is O=C(OCc1cc(-c2ccco2)on1)C1CCN(c2ccccc2[N+](=O)[O-])CC1. The number of hydrogen-bond acceptors (Lipinski definition) is 8. The smallest absolute Gasteiger partial charge is 0.309 e. The lowest BCUT2D eigenvalue weighted by atomic mass is 9.96. The van der Waals surface area contributed by atoms with Crippen LogP contribution in [0.4, 0.5) is 11.4 Å². The van der Waals surface area contributed by atoms with Crippen LogP contribution in [0.25, 0.3) is 11.5 Å². The van der Waals surface area contributed by atoms with Gasteiger partial charge in [-0.3, -0.25) is 14.9 Å². The molecule has 29 heavy (non-hydrogen) atoms. The van der Waals surface area contributed by atoms with Crippen molar-refractivity contribution in [3.05, 3.63) is 64.5 Å². The fourth-order valence-electron chi connectivity index (χ4n) is 3.42. The molecule has 0 atom stereocenters. The van der Waals surface area contributed by atoms with Crippen LogP contribution in [0.15, 0.2) is 57.7 Å². The second kappa shape index (κ2) is 8.17. The van der Waals surface area contributed by atoms with Gasteiger partial charge in [0.15, 0.2) is 5.76 Å². The van der Waals surface area contributed by atoms with Crippen LogP contribution in [0.2, 0.25) is 0 Å². The molecule has 0 aliphatic carbocycles. The number of nitro benzene ring substituents is 1. The third-order valence-electron chi connectivity index (χ3n) is 4.93. The summed E-state index contributed by atoms with van der Waals surface area (Å²) < 4.78 is 15.8. The van der Waals surface area contributed by atoms with E-state index in [0.29, 0.717) is 48.8 Å². The second-order valence-corrected chi connectivity index (χ2v) is 6.77. The molecule has 1 aliphatic heterocycles. The van der Waals surface area contributed by atoms with E-state index in [4.69, 9.17) is 13.7 Å². The van der Waals surface area contributed by atoms with Crippen LogP contribution < -0.4 is 4.90 Å². The van der Waals surface area contributed by atoms with Crippen LogP contribution >= 0.6 is 0 Å². The lowest BCUT2D eigenvalue weighted by molar-refractivity contribution is -0.384. The maximum Gasteiger partial charge on any atom is 0.309 e. The molecule has 1 aromatic carbocycles. The average molecular weight is 397 g/mol. The number of nitrogens with zero attached hydrogens (tertiary/aromatic N) is 3. The summed E-state index contributed by atoms with van der Waals surface area (Å²) in [5, 5.41) is 15.1. The van der Waals surface area contributed by atoms with Crippen LogP contribution in [0.5, 0.6) is 0 Å². The minimum atomic E-state index is -0.384. The number of aromatic nitrogens is 1. The fraction of sp³-hybridized carbons (Fsp3) is 0.300. The Balaban J connectivity index is 1.30. The fourth-order valence-corrected chi connectivity index (χ4v) is 3.42. The zero-order chi connectivity index (χ0) is 20.2. The number of carbonyl (C=O) groups excluding carboxylic acids is 1. The molecular weight excluding hydrogens is 378 g/mol. The first-order valence-corrected chi connectivity index (χ1v) is 9.26. The summed E-state index contributed by atoms with van der Waals surface area (Å²) in [5.74, 6) is 0.483. The number of esters is 1. The summed E-state index contributed by atoms with van der Waals surface area (Å²) in [7, 11) is 0. The number of hydrogen-bond donors (Lipinski definition) is 0. The van der Waals surface area contributed by atoms with Crippen molar-refractivity contribution >= 4 is 17.3 Å². The van der Waals surface area contributed by atoms with Crippen LogP contribution in [0.3, 0.4) is 0 Å². The van der Waals surface area contributed by atoms with Crippen LogP contribution in [-0.4, -0.2) is 29.1 Å². The summed E-state index contributed by atoms with van der Waals surface area (Å²) in [6.07, 6.45) is 2.68. The Morgan fingerprint density at radius 1 is 1.21 bits per heavy atom. The van der Waals surface area contributed by atoms with Gasteiger partial charge >= 0.3 is 5.97 Å². The first kappa shape index (κ1) is 18.7. The Morgan fingerprint density at radius 3 is 2.72 bits per heavy atom. The Kier molecular flexibility index (Phi) is 5.28. The van der Waals surface area contributed by atoms with E-state index in [2.05, 4.69) is 5.16 Å². The molecule has 3 heterocycles. The van der Waals surface area contributed by atoms with Gasteiger partial charge in [0, 0.05) is 25.2 Å². The van der Waals surface area contributed by atoms with Gasteiger partial charge in [-0.2, -0.15) is 0 Å². The molecule has 0 amide bonds. The third-order valence-corrected chi connectivity index (χ3v) is 4.93. The monoisotopic (exact) mass is 397 g/mol.